The summed E-state index contributed by atoms with van der Waals surface area (Å²) in [5.74, 6) is -2.21. The van der Waals surface area contributed by atoms with Crippen molar-refractivity contribution in [1.29, 1.82) is 0 Å². The van der Waals surface area contributed by atoms with Gasteiger partial charge < -0.3 is 10.3 Å². The maximum Gasteiger partial charge on any atom is 0.230 e. The van der Waals surface area contributed by atoms with Crippen LogP contribution in [-0.2, 0) is 11.2 Å². The molecule has 1 aromatic heterocycles. The van der Waals surface area contributed by atoms with E-state index >= 15 is 0 Å². The number of carbonyl (C=O) groups is 1. The molecular formula is C12H10F2N2O. The molecule has 0 aliphatic carbocycles. The maximum absolute atomic E-state index is 12.9. The van der Waals surface area contributed by atoms with Crippen LogP contribution in [-0.4, -0.2) is 10.9 Å². The molecule has 1 amide bonds. The molecule has 0 bridgehead atoms. The minimum Gasteiger partial charge on any atom is -0.365 e. The number of H-pyrrole nitrogens is 1. The minimum absolute atomic E-state index is 0.159. The Morgan fingerprint density at radius 2 is 2.06 bits per heavy atom. The molecule has 0 fully saturated rings. The fourth-order valence-electron chi connectivity index (χ4n) is 1.43. The van der Waals surface area contributed by atoms with Gasteiger partial charge in [0.05, 0.1) is 6.42 Å². The summed E-state index contributed by atoms with van der Waals surface area (Å²) in [6, 6.07) is 6.78. The zero-order valence-corrected chi connectivity index (χ0v) is 8.84. The van der Waals surface area contributed by atoms with Crippen molar-refractivity contribution in [3.63, 3.8) is 0 Å². The molecule has 0 unspecified atom stereocenters. The van der Waals surface area contributed by atoms with E-state index in [0.29, 0.717) is 0 Å². The number of amides is 1. The first kappa shape index (κ1) is 11.3. The summed E-state index contributed by atoms with van der Waals surface area (Å²) in [6.45, 7) is 0. The molecule has 0 saturated heterocycles. The summed E-state index contributed by atoms with van der Waals surface area (Å²) in [5, 5.41) is 2.48. The highest BCUT2D eigenvalue weighted by Crippen LogP contribution is 2.13. The molecule has 3 nitrogen and oxygen atoms in total. The summed E-state index contributed by atoms with van der Waals surface area (Å²) in [7, 11) is 0. The topological polar surface area (TPSA) is 44.9 Å². The molecule has 17 heavy (non-hydrogen) atoms. The van der Waals surface area contributed by atoms with E-state index in [1.807, 2.05) is 0 Å². The highest BCUT2D eigenvalue weighted by atomic mass is 19.2. The third kappa shape index (κ3) is 2.90. The van der Waals surface area contributed by atoms with Crippen molar-refractivity contribution in [3.05, 3.63) is 53.9 Å². The van der Waals surface area contributed by atoms with Crippen molar-refractivity contribution in [3.8, 4) is 0 Å². The van der Waals surface area contributed by atoms with Crippen molar-refractivity contribution in [2.45, 2.75) is 6.42 Å². The van der Waals surface area contributed by atoms with E-state index < -0.39 is 11.6 Å². The highest BCUT2D eigenvalue weighted by Gasteiger charge is 2.07. The quantitative estimate of drug-likeness (QED) is 0.844. The van der Waals surface area contributed by atoms with Crippen LogP contribution in [0.3, 0.4) is 0 Å². The van der Waals surface area contributed by atoms with E-state index in [-0.39, 0.29) is 18.0 Å². The minimum atomic E-state index is -0.984. The number of aromatic nitrogens is 1. The third-order valence-corrected chi connectivity index (χ3v) is 2.22. The van der Waals surface area contributed by atoms with Gasteiger partial charge in [-0.05, 0) is 24.3 Å². The van der Waals surface area contributed by atoms with Crippen LogP contribution < -0.4 is 5.32 Å². The number of halogens is 2. The number of carbonyl (C=O) groups excluding carboxylic acids is 1. The van der Waals surface area contributed by atoms with Crippen molar-refractivity contribution < 1.29 is 13.6 Å². The zero-order chi connectivity index (χ0) is 12.3. The first-order valence-electron chi connectivity index (χ1n) is 5.02. The number of aromatic amines is 1. The summed E-state index contributed by atoms with van der Waals surface area (Å²) >= 11 is 0. The van der Waals surface area contributed by atoms with Gasteiger partial charge in [0, 0.05) is 23.6 Å². The lowest BCUT2D eigenvalue weighted by molar-refractivity contribution is -0.115. The number of benzene rings is 1. The third-order valence-electron chi connectivity index (χ3n) is 2.22. The van der Waals surface area contributed by atoms with E-state index in [9.17, 15) is 13.6 Å². The number of anilines is 1. The molecule has 0 atom stereocenters. The average Bonchev–Trinajstić information content (AvgIpc) is 2.76. The van der Waals surface area contributed by atoms with Crippen molar-refractivity contribution in [2.75, 3.05) is 5.32 Å². The molecular weight excluding hydrogens is 226 g/mol. The second-order valence-electron chi connectivity index (χ2n) is 3.55. The largest absolute Gasteiger partial charge is 0.365 e. The van der Waals surface area contributed by atoms with Gasteiger partial charge >= 0.3 is 0 Å². The Labute approximate surface area is 96.5 Å². The van der Waals surface area contributed by atoms with Gasteiger partial charge in [0.2, 0.25) is 5.91 Å². The monoisotopic (exact) mass is 236 g/mol. The summed E-state index contributed by atoms with van der Waals surface area (Å²) in [5.41, 5.74) is 0.991. The Kier molecular flexibility index (Phi) is 3.18. The molecule has 0 radical (unpaired) electrons. The summed E-state index contributed by atoms with van der Waals surface area (Å²) < 4.78 is 25.5. The van der Waals surface area contributed by atoms with Crippen LogP contribution in [0, 0.1) is 11.6 Å². The van der Waals surface area contributed by atoms with Crippen LogP contribution >= 0.6 is 0 Å². The van der Waals surface area contributed by atoms with Crippen molar-refractivity contribution in [1.82, 2.24) is 4.98 Å². The van der Waals surface area contributed by atoms with E-state index in [0.717, 1.165) is 17.8 Å². The van der Waals surface area contributed by atoms with E-state index in [1.54, 1.807) is 18.3 Å². The van der Waals surface area contributed by atoms with Gasteiger partial charge in [0.25, 0.3) is 0 Å². The predicted molar refractivity (Wildman–Crippen MR) is 59.5 cm³/mol. The van der Waals surface area contributed by atoms with Crippen LogP contribution in [0.1, 0.15) is 5.69 Å². The van der Waals surface area contributed by atoms with Crippen LogP contribution in [0.25, 0.3) is 0 Å². The average molecular weight is 236 g/mol. The lowest BCUT2D eigenvalue weighted by atomic mass is 10.2. The summed E-state index contributed by atoms with van der Waals surface area (Å²) in [4.78, 5) is 14.4. The standard InChI is InChI=1S/C12H10F2N2O/c13-10-4-3-9(6-11(10)14)16-12(17)7-8-2-1-5-15-8/h1-6,15H,7H2,(H,16,17). The Morgan fingerprint density at radius 3 is 2.71 bits per heavy atom. The first-order chi connectivity index (χ1) is 8.15. The molecule has 1 aromatic carbocycles. The number of rotatable bonds is 3. The van der Waals surface area contributed by atoms with Gasteiger partial charge in [0.15, 0.2) is 11.6 Å². The number of hydrogen-bond acceptors (Lipinski definition) is 1. The smallest absolute Gasteiger partial charge is 0.230 e. The SMILES string of the molecule is O=C(Cc1ccc[nH]1)Nc1ccc(F)c(F)c1. The van der Waals surface area contributed by atoms with Gasteiger partial charge in [-0.25, -0.2) is 8.78 Å². The molecule has 0 saturated carbocycles. The van der Waals surface area contributed by atoms with Gasteiger partial charge in [-0.3, -0.25) is 4.79 Å². The van der Waals surface area contributed by atoms with Crippen LogP contribution in [0.5, 0.6) is 0 Å². The van der Waals surface area contributed by atoms with Gasteiger partial charge in [-0.15, -0.1) is 0 Å². The fraction of sp³-hybridized carbons (Fsp3) is 0.0833. The Bertz CT molecular complexity index is 523. The van der Waals surface area contributed by atoms with Crippen LogP contribution in [0.4, 0.5) is 14.5 Å². The lowest BCUT2D eigenvalue weighted by Gasteiger charge is -2.04. The van der Waals surface area contributed by atoms with Crippen LogP contribution in [0.15, 0.2) is 36.5 Å². The first-order valence-corrected chi connectivity index (χ1v) is 5.02. The molecule has 0 aliphatic heterocycles. The van der Waals surface area contributed by atoms with Gasteiger partial charge in [0.1, 0.15) is 0 Å². The molecule has 2 N–H and O–H groups in total. The van der Waals surface area contributed by atoms with E-state index in [4.69, 9.17) is 0 Å². The van der Waals surface area contributed by atoms with Gasteiger partial charge in [-0.1, -0.05) is 0 Å². The molecule has 1 heterocycles. The number of hydrogen-bond donors (Lipinski definition) is 2. The molecule has 0 spiro atoms. The molecule has 2 rings (SSSR count). The Morgan fingerprint density at radius 1 is 1.24 bits per heavy atom. The van der Waals surface area contributed by atoms with E-state index in [2.05, 4.69) is 10.3 Å². The molecule has 2 aromatic rings. The highest BCUT2D eigenvalue weighted by molar-refractivity contribution is 5.91. The second-order valence-corrected chi connectivity index (χ2v) is 3.55. The number of nitrogens with one attached hydrogen (secondary N) is 2. The zero-order valence-electron chi connectivity index (χ0n) is 8.84. The second kappa shape index (κ2) is 4.78. The van der Waals surface area contributed by atoms with Crippen molar-refractivity contribution >= 4 is 11.6 Å². The van der Waals surface area contributed by atoms with Crippen LogP contribution in [0.2, 0.25) is 0 Å². The molecule has 5 heteroatoms. The van der Waals surface area contributed by atoms with Gasteiger partial charge in [-0.2, -0.15) is 0 Å². The maximum atomic E-state index is 12.9. The normalized spacial score (nSPS) is 10.2. The predicted octanol–water partition coefficient (Wildman–Crippen LogP) is 2.47. The van der Waals surface area contributed by atoms with E-state index in [1.165, 1.54) is 6.07 Å². The summed E-state index contributed by atoms with van der Waals surface area (Å²) in [6.07, 6.45) is 1.87. The fourth-order valence-corrected chi connectivity index (χ4v) is 1.43. The van der Waals surface area contributed by atoms with Crippen molar-refractivity contribution in [2.24, 2.45) is 0 Å². The Balaban J connectivity index is 2.00. The Hall–Kier alpha value is -2.17. The molecule has 0 aliphatic rings. The molecule has 88 valence electrons. The lowest BCUT2D eigenvalue weighted by Crippen LogP contribution is -2.14.